The summed E-state index contributed by atoms with van der Waals surface area (Å²) in [7, 11) is 0. The first-order valence-corrected chi connectivity index (χ1v) is 9.72. The molecule has 2 aromatic rings. The van der Waals surface area contributed by atoms with Crippen LogP contribution in [0.25, 0.3) is 0 Å². The Kier molecular flexibility index (Phi) is 4.63. The molecule has 142 valence electrons. The van der Waals surface area contributed by atoms with Gasteiger partial charge in [0.1, 0.15) is 5.75 Å². The topological polar surface area (TPSA) is 57.6 Å². The Hall–Kier alpha value is -2.27. The van der Waals surface area contributed by atoms with E-state index >= 15 is 0 Å². The van der Waals surface area contributed by atoms with E-state index in [1.165, 1.54) is 4.31 Å². The standard InChI is InChI=1S/C22H25NO3S/c1-21(2,3)16-11-13(12-17(18(16)24)22(4,5)6)27-23-19(25)14-9-7-8-10-15(14)20(23)26/h7-12,24H,1-6H3. The maximum absolute atomic E-state index is 12.7. The summed E-state index contributed by atoms with van der Waals surface area (Å²) in [5, 5.41) is 10.8. The van der Waals surface area contributed by atoms with Crippen LogP contribution >= 0.6 is 11.9 Å². The molecule has 3 rings (SSSR count). The van der Waals surface area contributed by atoms with Gasteiger partial charge in [-0.3, -0.25) is 9.59 Å². The number of hydrogen-bond donors (Lipinski definition) is 1. The number of phenols is 1. The lowest BCUT2D eigenvalue weighted by Crippen LogP contribution is -2.22. The number of carbonyl (C=O) groups is 2. The number of carbonyl (C=O) groups excluding carboxylic acids is 2. The van der Waals surface area contributed by atoms with Crippen molar-refractivity contribution in [3.05, 3.63) is 58.7 Å². The summed E-state index contributed by atoms with van der Waals surface area (Å²) in [5.41, 5.74) is 1.91. The van der Waals surface area contributed by atoms with Gasteiger partial charge in [-0.25, -0.2) is 4.31 Å². The lowest BCUT2D eigenvalue weighted by atomic mass is 9.79. The van der Waals surface area contributed by atoms with Gasteiger partial charge in [-0.2, -0.15) is 0 Å². The Balaban J connectivity index is 2.06. The van der Waals surface area contributed by atoms with Crippen LogP contribution in [-0.4, -0.2) is 21.2 Å². The molecular weight excluding hydrogens is 358 g/mol. The van der Waals surface area contributed by atoms with E-state index < -0.39 is 0 Å². The highest BCUT2D eigenvalue weighted by molar-refractivity contribution is 7.98. The van der Waals surface area contributed by atoms with Crippen molar-refractivity contribution in [1.29, 1.82) is 0 Å². The molecule has 1 N–H and O–H groups in total. The molecule has 0 fully saturated rings. The molecule has 0 aliphatic carbocycles. The van der Waals surface area contributed by atoms with Crippen LogP contribution in [0.2, 0.25) is 0 Å². The number of rotatable bonds is 2. The fourth-order valence-corrected chi connectivity index (χ4v) is 4.07. The van der Waals surface area contributed by atoms with Crippen molar-refractivity contribution in [2.24, 2.45) is 0 Å². The van der Waals surface area contributed by atoms with Crippen LogP contribution in [0.3, 0.4) is 0 Å². The molecule has 0 saturated heterocycles. The zero-order valence-corrected chi connectivity index (χ0v) is 17.4. The number of imide groups is 1. The zero-order valence-electron chi connectivity index (χ0n) is 16.6. The second kappa shape index (κ2) is 6.41. The minimum atomic E-state index is -0.303. The average molecular weight is 384 g/mol. The van der Waals surface area contributed by atoms with Crippen molar-refractivity contribution < 1.29 is 14.7 Å². The van der Waals surface area contributed by atoms with Crippen LogP contribution in [0.5, 0.6) is 5.75 Å². The van der Waals surface area contributed by atoms with E-state index in [9.17, 15) is 14.7 Å². The first kappa shape index (κ1) is 19.5. The molecule has 5 heteroatoms. The summed E-state index contributed by atoms with van der Waals surface area (Å²) in [6.07, 6.45) is 0. The molecule has 1 aliphatic rings. The van der Waals surface area contributed by atoms with E-state index in [1.54, 1.807) is 24.3 Å². The van der Waals surface area contributed by atoms with Crippen LogP contribution in [-0.2, 0) is 10.8 Å². The maximum atomic E-state index is 12.7. The normalized spacial score (nSPS) is 14.7. The quantitative estimate of drug-likeness (QED) is 0.565. The molecule has 0 unspecified atom stereocenters. The molecule has 27 heavy (non-hydrogen) atoms. The molecule has 0 radical (unpaired) electrons. The van der Waals surface area contributed by atoms with Crippen molar-refractivity contribution in [2.45, 2.75) is 57.3 Å². The van der Waals surface area contributed by atoms with Crippen molar-refractivity contribution in [3.63, 3.8) is 0 Å². The van der Waals surface area contributed by atoms with E-state index in [1.807, 2.05) is 53.7 Å². The molecule has 2 amide bonds. The largest absolute Gasteiger partial charge is 0.507 e. The third-order valence-electron chi connectivity index (χ3n) is 4.65. The fourth-order valence-electron chi connectivity index (χ4n) is 3.16. The van der Waals surface area contributed by atoms with Crippen molar-refractivity contribution in [1.82, 2.24) is 4.31 Å². The highest BCUT2D eigenvalue weighted by atomic mass is 32.2. The molecule has 0 bridgehead atoms. The second-order valence-electron chi connectivity index (χ2n) is 8.91. The Morgan fingerprint density at radius 2 is 1.22 bits per heavy atom. The molecule has 0 atom stereocenters. The van der Waals surface area contributed by atoms with Gasteiger partial charge in [-0.1, -0.05) is 53.7 Å². The van der Waals surface area contributed by atoms with Crippen LogP contribution in [0.4, 0.5) is 0 Å². The number of fused-ring (bicyclic) bond motifs is 1. The summed E-state index contributed by atoms with van der Waals surface area (Å²) in [4.78, 5) is 26.1. The lowest BCUT2D eigenvalue weighted by molar-refractivity contribution is 0.0777. The van der Waals surface area contributed by atoms with E-state index in [-0.39, 0.29) is 28.4 Å². The van der Waals surface area contributed by atoms with Crippen molar-refractivity contribution in [2.75, 3.05) is 0 Å². The highest BCUT2D eigenvalue weighted by Gasteiger charge is 2.37. The molecule has 0 spiro atoms. The third-order valence-corrected chi connectivity index (χ3v) is 5.61. The van der Waals surface area contributed by atoms with Gasteiger partial charge in [0.15, 0.2) is 0 Å². The van der Waals surface area contributed by atoms with Crippen molar-refractivity contribution >= 4 is 23.8 Å². The predicted octanol–water partition coefficient (Wildman–Crippen LogP) is 5.29. The van der Waals surface area contributed by atoms with Gasteiger partial charge in [-0.15, -0.1) is 0 Å². The molecular formula is C22H25NO3S. The Morgan fingerprint density at radius 1 is 0.815 bits per heavy atom. The van der Waals surface area contributed by atoms with Gasteiger partial charge < -0.3 is 5.11 Å². The van der Waals surface area contributed by atoms with E-state index in [2.05, 4.69) is 0 Å². The third kappa shape index (κ3) is 3.48. The van der Waals surface area contributed by atoms with Crippen LogP contribution in [0, 0.1) is 0 Å². The van der Waals surface area contributed by atoms with Gasteiger partial charge in [0, 0.05) is 16.0 Å². The molecule has 0 saturated carbocycles. The number of amides is 2. The number of phenolic OH excluding ortho intramolecular Hbond substituents is 1. The Labute approximate surface area is 164 Å². The first-order valence-electron chi connectivity index (χ1n) is 8.95. The van der Waals surface area contributed by atoms with Gasteiger partial charge in [0.2, 0.25) is 0 Å². The monoisotopic (exact) mass is 383 g/mol. The first-order chi connectivity index (χ1) is 12.4. The highest BCUT2D eigenvalue weighted by Crippen LogP contribution is 2.43. The van der Waals surface area contributed by atoms with Gasteiger partial charge in [-0.05, 0) is 47.0 Å². The number of aromatic hydroxyl groups is 1. The van der Waals surface area contributed by atoms with Crippen molar-refractivity contribution in [3.8, 4) is 5.75 Å². The number of hydrogen-bond acceptors (Lipinski definition) is 4. The zero-order chi connectivity index (χ0) is 20.1. The van der Waals surface area contributed by atoms with Gasteiger partial charge in [0.25, 0.3) is 11.8 Å². The number of benzene rings is 2. The summed E-state index contributed by atoms with van der Waals surface area (Å²) in [5.74, 6) is -0.326. The average Bonchev–Trinajstić information content (AvgIpc) is 2.79. The summed E-state index contributed by atoms with van der Waals surface area (Å²) < 4.78 is 1.20. The Bertz CT molecular complexity index is 865. The second-order valence-corrected chi connectivity index (χ2v) is 9.93. The van der Waals surface area contributed by atoms with Crippen LogP contribution in [0.15, 0.2) is 41.3 Å². The summed E-state index contributed by atoms with van der Waals surface area (Å²) in [6.45, 7) is 12.2. The minimum Gasteiger partial charge on any atom is -0.507 e. The van der Waals surface area contributed by atoms with Crippen LogP contribution in [0.1, 0.15) is 73.4 Å². The molecule has 1 heterocycles. The smallest absolute Gasteiger partial charge is 0.272 e. The molecule has 0 aromatic heterocycles. The SMILES string of the molecule is CC(C)(C)c1cc(SN2C(=O)c3ccccc3C2=O)cc(C(C)(C)C)c1O. The van der Waals surface area contributed by atoms with E-state index in [0.717, 1.165) is 28.0 Å². The molecule has 4 nitrogen and oxygen atoms in total. The summed E-state index contributed by atoms with van der Waals surface area (Å²) >= 11 is 1.12. The molecule has 2 aromatic carbocycles. The molecule has 1 aliphatic heterocycles. The van der Waals surface area contributed by atoms with Gasteiger partial charge >= 0.3 is 0 Å². The minimum absolute atomic E-state index is 0.275. The van der Waals surface area contributed by atoms with Gasteiger partial charge in [0.05, 0.1) is 11.1 Å². The fraction of sp³-hybridized carbons (Fsp3) is 0.364. The van der Waals surface area contributed by atoms with Crippen LogP contribution < -0.4 is 0 Å². The number of nitrogens with zero attached hydrogens (tertiary/aromatic N) is 1. The van der Waals surface area contributed by atoms with E-state index in [0.29, 0.717) is 11.1 Å². The predicted molar refractivity (Wildman–Crippen MR) is 108 cm³/mol. The maximum Gasteiger partial charge on any atom is 0.272 e. The van der Waals surface area contributed by atoms with E-state index in [4.69, 9.17) is 0 Å². The summed E-state index contributed by atoms with van der Waals surface area (Å²) in [6, 6.07) is 10.6. The lowest BCUT2D eigenvalue weighted by Gasteiger charge is -2.28. The Morgan fingerprint density at radius 3 is 1.59 bits per heavy atom.